The zero-order valence-electron chi connectivity index (χ0n) is 12.1. The molecule has 0 bridgehead atoms. The lowest BCUT2D eigenvalue weighted by Gasteiger charge is -2.32. The van der Waals surface area contributed by atoms with E-state index < -0.39 is 0 Å². The molecule has 0 aromatic heterocycles. The number of nitrogens with one attached hydrogen (secondary N) is 1. The number of amides is 1. The molecule has 0 radical (unpaired) electrons. The lowest BCUT2D eigenvalue weighted by molar-refractivity contribution is -0.132. The lowest BCUT2D eigenvalue weighted by atomic mass is 9.90. The molecule has 1 aliphatic rings. The topological polar surface area (TPSA) is 32.3 Å². The Hall–Kier alpha value is -1.42. The summed E-state index contributed by atoms with van der Waals surface area (Å²) in [7, 11) is 1.86. The Morgan fingerprint density at radius 1 is 1.35 bits per heavy atom. The van der Waals surface area contributed by atoms with Crippen LogP contribution in [-0.4, -0.2) is 37.5 Å². The molecule has 0 spiro atoms. The van der Waals surface area contributed by atoms with Crippen molar-refractivity contribution in [3.8, 4) is 0 Å². The second kappa shape index (κ2) is 7.39. The van der Waals surface area contributed by atoms with Gasteiger partial charge in [0, 0.05) is 26.1 Å². The Balaban J connectivity index is 1.80. The molecule has 1 aromatic carbocycles. The van der Waals surface area contributed by atoms with Crippen molar-refractivity contribution < 1.29 is 9.18 Å². The van der Waals surface area contributed by atoms with Crippen molar-refractivity contribution in [1.29, 1.82) is 0 Å². The summed E-state index contributed by atoms with van der Waals surface area (Å²) in [6.07, 6.45) is 3.29. The van der Waals surface area contributed by atoms with Crippen LogP contribution in [-0.2, 0) is 11.2 Å². The fourth-order valence-electron chi connectivity index (χ4n) is 2.75. The summed E-state index contributed by atoms with van der Waals surface area (Å²) in [5.74, 6) is 0.601. The molecule has 2 rings (SSSR count). The molecule has 1 heterocycles. The maximum absolute atomic E-state index is 13.6. The van der Waals surface area contributed by atoms with Gasteiger partial charge in [-0.05, 0) is 43.9 Å². The monoisotopic (exact) mass is 278 g/mol. The molecule has 4 heteroatoms. The van der Waals surface area contributed by atoms with Gasteiger partial charge in [-0.2, -0.15) is 0 Å². The molecule has 1 fully saturated rings. The van der Waals surface area contributed by atoms with Crippen molar-refractivity contribution in [3.63, 3.8) is 0 Å². The Bertz CT molecular complexity index is 442. The Labute approximate surface area is 120 Å². The molecule has 1 saturated heterocycles. The SMILES string of the molecule is CNCCC(=O)N1CCC(Cc2ccccc2F)CC1. The van der Waals surface area contributed by atoms with E-state index in [2.05, 4.69) is 5.32 Å². The first kappa shape index (κ1) is 15.0. The van der Waals surface area contributed by atoms with Gasteiger partial charge < -0.3 is 10.2 Å². The van der Waals surface area contributed by atoms with E-state index >= 15 is 0 Å². The Kier molecular flexibility index (Phi) is 5.53. The van der Waals surface area contributed by atoms with Gasteiger partial charge in [0.2, 0.25) is 5.91 Å². The van der Waals surface area contributed by atoms with E-state index in [4.69, 9.17) is 0 Å². The number of carbonyl (C=O) groups excluding carboxylic acids is 1. The molecule has 1 amide bonds. The minimum Gasteiger partial charge on any atom is -0.343 e. The lowest BCUT2D eigenvalue weighted by Crippen LogP contribution is -2.39. The predicted molar refractivity (Wildman–Crippen MR) is 78.0 cm³/mol. The summed E-state index contributed by atoms with van der Waals surface area (Å²) in [4.78, 5) is 13.8. The zero-order chi connectivity index (χ0) is 14.4. The maximum atomic E-state index is 13.6. The first-order valence-corrected chi connectivity index (χ1v) is 7.36. The van der Waals surface area contributed by atoms with Crippen LogP contribution in [0.5, 0.6) is 0 Å². The highest BCUT2D eigenvalue weighted by Gasteiger charge is 2.23. The summed E-state index contributed by atoms with van der Waals surface area (Å²) in [6, 6.07) is 6.99. The standard InChI is InChI=1S/C16H23FN2O/c1-18-9-6-16(20)19-10-7-13(8-11-19)12-14-4-2-3-5-15(14)17/h2-5,13,18H,6-12H2,1H3. The van der Waals surface area contributed by atoms with Gasteiger partial charge in [0.25, 0.3) is 0 Å². The molecule has 20 heavy (non-hydrogen) atoms. The molecule has 0 aliphatic carbocycles. The van der Waals surface area contributed by atoms with E-state index in [1.807, 2.05) is 24.1 Å². The van der Waals surface area contributed by atoms with Crippen LogP contribution in [0.3, 0.4) is 0 Å². The second-order valence-corrected chi connectivity index (χ2v) is 5.47. The molecule has 1 N–H and O–H groups in total. The van der Waals surface area contributed by atoms with Gasteiger partial charge in [0.15, 0.2) is 0 Å². The van der Waals surface area contributed by atoms with Gasteiger partial charge in [-0.25, -0.2) is 4.39 Å². The van der Waals surface area contributed by atoms with Crippen molar-refractivity contribution in [2.45, 2.75) is 25.7 Å². The van der Waals surface area contributed by atoms with Gasteiger partial charge in [-0.1, -0.05) is 18.2 Å². The third-order valence-corrected chi connectivity index (χ3v) is 4.02. The number of halogens is 1. The fraction of sp³-hybridized carbons (Fsp3) is 0.562. The van der Waals surface area contributed by atoms with Crippen molar-refractivity contribution in [2.24, 2.45) is 5.92 Å². The van der Waals surface area contributed by atoms with Gasteiger partial charge in [0.05, 0.1) is 0 Å². The minimum absolute atomic E-state index is 0.111. The van der Waals surface area contributed by atoms with E-state index in [1.165, 1.54) is 6.07 Å². The number of piperidine rings is 1. The minimum atomic E-state index is -0.111. The van der Waals surface area contributed by atoms with Crippen LogP contribution < -0.4 is 5.32 Å². The predicted octanol–water partition coefficient (Wildman–Crippen LogP) is 2.22. The normalized spacial score (nSPS) is 16.4. The Morgan fingerprint density at radius 3 is 2.70 bits per heavy atom. The molecular weight excluding hydrogens is 255 g/mol. The largest absolute Gasteiger partial charge is 0.343 e. The maximum Gasteiger partial charge on any atom is 0.223 e. The number of carbonyl (C=O) groups is 1. The smallest absolute Gasteiger partial charge is 0.223 e. The third-order valence-electron chi connectivity index (χ3n) is 4.02. The highest BCUT2D eigenvalue weighted by molar-refractivity contribution is 5.76. The van der Waals surface area contributed by atoms with Crippen LogP contribution in [0.15, 0.2) is 24.3 Å². The molecule has 1 aromatic rings. The molecule has 0 atom stereocenters. The van der Waals surface area contributed by atoms with E-state index in [9.17, 15) is 9.18 Å². The first-order valence-electron chi connectivity index (χ1n) is 7.36. The van der Waals surface area contributed by atoms with Crippen LogP contribution in [0.25, 0.3) is 0 Å². The van der Waals surface area contributed by atoms with Crippen LogP contribution in [0.1, 0.15) is 24.8 Å². The first-order chi connectivity index (χ1) is 9.70. The molecule has 0 saturated carbocycles. The zero-order valence-corrected chi connectivity index (χ0v) is 12.1. The third kappa shape index (κ3) is 4.04. The fourth-order valence-corrected chi connectivity index (χ4v) is 2.75. The van der Waals surface area contributed by atoms with Gasteiger partial charge in [0.1, 0.15) is 5.82 Å². The highest BCUT2D eigenvalue weighted by Crippen LogP contribution is 2.23. The van der Waals surface area contributed by atoms with E-state index in [1.54, 1.807) is 6.07 Å². The van der Waals surface area contributed by atoms with Gasteiger partial charge in [-0.15, -0.1) is 0 Å². The molecule has 0 unspecified atom stereocenters. The van der Waals surface area contributed by atoms with E-state index in [0.29, 0.717) is 12.3 Å². The quantitative estimate of drug-likeness (QED) is 0.895. The number of nitrogens with zero attached hydrogens (tertiary/aromatic N) is 1. The average molecular weight is 278 g/mol. The number of likely N-dealkylation sites (tertiary alicyclic amines) is 1. The summed E-state index contributed by atoms with van der Waals surface area (Å²) < 4.78 is 13.6. The van der Waals surface area contributed by atoms with Crippen molar-refractivity contribution >= 4 is 5.91 Å². The van der Waals surface area contributed by atoms with Crippen LogP contribution in [0.4, 0.5) is 4.39 Å². The molecule has 1 aliphatic heterocycles. The summed E-state index contributed by atoms with van der Waals surface area (Å²) in [5, 5.41) is 3.00. The van der Waals surface area contributed by atoms with Crippen molar-refractivity contribution in [1.82, 2.24) is 10.2 Å². The van der Waals surface area contributed by atoms with E-state index in [-0.39, 0.29) is 11.7 Å². The van der Waals surface area contributed by atoms with Gasteiger partial charge >= 0.3 is 0 Å². The highest BCUT2D eigenvalue weighted by atomic mass is 19.1. The summed E-state index contributed by atoms with van der Waals surface area (Å²) >= 11 is 0. The molecular formula is C16H23FN2O. The van der Waals surface area contributed by atoms with Crippen LogP contribution >= 0.6 is 0 Å². The van der Waals surface area contributed by atoms with Crippen molar-refractivity contribution in [2.75, 3.05) is 26.7 Å². The number of benzene rings is 1. The van der Waals surface area contributed by atoms with E-state index in [0.717, 1.165) is 44.5 Å². The molecule has 3 nitrogen and oxygen atoms in total. The Morgan fingerprint density at radius 2 is 2.05 bits per heavy atom. The van der Waals surface area contributed by atoms with Crippen LogP contribution in [0.2, 0.25) is 0 Å². The second-order valence-electron chi connectivity index (χ2n) is 5.47. The number of hydrogen-bond acceptors (Lipinski definition) is 2. The number of hydrogen-bond donors (Lipinski definition) is 1. The number of rotatable bonds is 5. The average Bonchev–Trinajstić information content (AvgIpc) is 2.48. The summed E-state index contributed by atoms with van der Waals surface area (Å²) in [5.41, 5.74) is 0.799. The summed E-state index contributed by atoms with van der Waals surface area (Å²) in [6.45, 7) is 2.34. The molecule has 110 valence electrons. The van der Waals surface area contributed by atoms with Crippen molar-refractivity contribution in [3.05, 3.63) is 35.6 Å². The van der Waals surface area contributed by atoms with Gasteiger partial charge in [-0.3, -0.25) is 4.79 Å². The van der Waals surface area contributed by atoms with Crippen LogP contribution in [0, 0.1) is 11.7 Å².